The average Bonchev–Trinajstić information content (AvgIpc) is 3.83. The molecule has 0 aromatic carbocycles. The number of ether oxygens (including phenoxy) is 1. The topological polar surface area (TPSA) is 238 Å². The standard InChI is InChI=1S/C40H64N9O10P/c1-8-57-60(55,56)58-23-18-16-14-12-10-9-11-13-15-17-21-41-36(51)31-24-29(26-47(31)5)43-37(52)32-25-30(27-48(32)6)44-38(53)35-46-33(28-49(35)7)45-34(50)20-19-22-42-39(54)59-40(2,3)4/h24-28H,8-23H2,1-7H3,(H,41,51)(H,42,54)(H,43,52)(H,44,53)(H,45,50)(H,55,56). The Labute approximate surface area is 352 Å². The number of nitrogens with zero attached hydrogens (tertiary/aromatic N) is 4. The normalized spacial score (nSPS) is 12.4. The number of carbonyl (C=O) groups excluding carboxylic acids is 5. The van der Waals surface area contributed by atoms with Crippen LogP contribution in [0.25, 0.3) is 0 Å². The van der Waals surface area contributed by atoms with E-state index in [-0.39, 0.29) is 55.3 Å². The third kappa shape index (κ3) is 18.1. The van der Waals surface area contributed by atoms with E-state index in [1.807, 2.05) is 0 Å². The van der Waals surface area contributed by atoms with E-state index in [4.69, 9.17) is 9.26 Å². The van der Waals surface area contributed by atoms with Gasteiger partial charge in [-0.2, -0.15) is 0 Å². The molecule has 0 saturated carbocycles. The summed E-state index contributed by atoms with van der Waals surface area (Å²) in [7, 11) is 1.11. The SMILES string of the molecule is CCOP(=O)(O)OCCCCCCCCCCCCNC(=O)c1cc(NC(=O)c2cc(NC(=O)c3nc(NC(=O)CCCNC(=O)OC(C)(C)C)cn3C)cn2C)cn1C. The minimum atomic E-state index is -3.89. The lowest BCUT2D eigenvalue weighted by Gasteiger charge is -2.19. The van der Waals surface area contributed by atoms with Gasteiger partial charge in [0.1, 0.15) is 17.0 Å². The van der Waals surface area contributed by atoms with Crippen LogP contribution in [0.4, 0.5) is 22.0 Å². The lowest BCUT2D eigenvalue weighted by Crippen LogP contribution is -2.33. The summed E-state index contributed by atoms with van der Waals surface area (Å²) in [6.45, 7) is 8.07. The summed E-state index contributed by atoms with van der Waals surface area (Å²) < 4.78 is 30.9. The zero-order valence-electron chi connectivity index (χ0n) is 36.1. The van der Waals surface area contributed by atoms with Crippen LogP contribution in [-0.2, 0) is 44.3 Å². The molecule has 19 nitrogen and oxygen atoms in total. The fourth-order valence-electron chi connectivity index (χ4n) is 6.11. The maximum absolute atomic E-state index is 13.2. The maximum atomic E-state index is 13.2. The van der Waals surface area contributed by atoms with Crippen molar-refractivity contribution in [1.82, 2.24) is 29.3 Å². The molecule has 0 fully saturated rings. The number of carbonyl (C=O) groups is 5. The third-order valence-corrected chi connectivity index (χ3v) is 10.1. The summed E-state index contributed by atoms with van der Waals surface area (Å²) in [6, 6.07) is 3.13. The van der Waals surface area contributed by atoms with Gasteiger partial charge in [0, 0.05) is 59.2 Å². The number of amides is 5. The molecule has 3 aromatic rings. The molecule has 0 aliphatic carbocycles. The first-order valence-electron chi connectivity index (χ1n) is 20.5. The Morgan fingerprint density at radius 3 is 1.80 bits per heavy atom. The molecular weight excluding hydrogens is 797 g/mol. The van der Waals surface area contributed by atoms with E-state index in [1.165, 1.54) is 16.8 Å². The summed E-state index contributed by atoms with van der Waals surface area (Å²) in [5.41, 5.74) is 0.828. The molecule has 20 heteroatoms. The van der Waals surface area contributed by atoms with E-state index < -0.39 is 31.3 Å². The lowest BCUT2D eigenvalue weighted by molar-refractivity contribution is -0.116. The molecule has 0 spiro atoms. The van der Waals surface area contributed by atoms with Crippen LogP contribution in [-0.4, -0.2) is 85.2 Å². The Kier molecular flexibility index (Phi) is 20.0. The molecule has 6 N–H and O–H groups in total. The number of unbranched alkanes of at least 4 members (excludes halogenated alkanes) is 9. The number of hydrogen-bond acceptors (Lipinski definition) is 10. The maximum Gasteiger partial charge on any atom is 0.472 e. The predicted octanol–water partition coefficient (Wildman–Crippen LogP) is 6.63. The number of anilines is 3. The van der Waals surface area contributed by atoms with Crippen LogP contribution in [0.1, 0.15) is 136 Å². The van der Waals surface area contributed by atoms with Crippen molar-refractivity contribution in [3.8, 4) is 0 Å². The third-order valence-electron chi connectivity index (χ3n) is 8.99. The van der Waals surface area contributed by atoms with E-state index in [0.29, 0.717) is 30.0 Å². The van der Waals surface area contributed by atoms with Gasteiger partial charge >= 0.3 is 13.9 Å². The number of aryl methyl sites for hydroxylation is 3. The van der Waals surface area contributed by atoms with Crippen LogP contribution >= 0.6 is 7.82 Å². The monoisotopic (exact) mass is 861 g/mol. The molecule has 1 unspecified atom stereocenters. The van der Waals surface area contributed by atoms with Crippen molar-refractivity contribution in [2.45, 2.75) is 110 Å². The highest BCUT2D eigenvalue weighted by molar-refractivity contribution is 7.47. The molecular formula is C40H64N9O10P. The van der Waals surface area contributed by atoms with Gasteiger partial charge in [-0.05, 0) is 59.1 Å². The number of imidazole rings is 1. The van der Waals surface area contributed by atoms with Gasteiger partial charge in [-0.1, -0.05) is 51.4 Å². The molecule has 0 saturated heterocycles. The van der Waals surface area contributed by atoms with Crippen molar-refractivity contribution >= 4 is 54.7 Å². The van der Waals surface area contributed by atoms with Crippen molar-refractivity contribution in [3.05, 3.63) is 47.9 Å². The first-order valence-corrected chi connectivity index (χ1v) is 22.0. The van der Waals surface area contributed by atoms with E-state index in [9.17, 15) is 33.4 Å². The molecule has 5 amide bonds. The molecule has 3 rings (SSSR count). The van der Waals surface area contributed by atoms with Gasteiger partial charge in [-0.25, -0.2) is 14.3 Å². The van der Waals surface area contributed by atoms with Gasteiger partial charge < -0.3 is 49.9 Å². The van der Waals surface area contributed by atoms with Crippen molar-refractivity contribution in [2.24, 2.45) is 21.1 Å². The smallest absolute Gasteiger partial charge is 0.444 e. The van der Waals surface area contributed by atoms with Gasteiger partial charge in [0.2, 0.25) is 11.7 Å². The number of aromatic nitrogens is 4. The highest BCUT2D eigenvalue weighted by Crippen LogP contribution is 2.43. The van der Waals surface area contributed by atoms with Gasteiger partial charge in [-0.3, -0.25) is 28.2 Å². The summed E-state index contributed by atoms with van der Waals surface area (Å²) in [6.07, 6.45) is 14.9. The van der Waals surface area contributed by atoms with Crippen molar-refractivity contribution < 1.29 is 47.2 Å². The van der Waals surface area contributed by atoms with E-state index in [2.05, 4.69) is 36.1 Å². The predicted molar refractivity (Wildman–Crippen MR) is 228 cm³/mol. The highest BCUT2D eigenvalue weighted by atomic mass is 31.2. The average molecular weight is 862 g/mol. The van der Waals surface area contributed by atoms with E-state index in [0.717, 1.165) is 64.2 Å². The van der Waals surface area contributed by atoms with Gasteiger partial charge in [0.25, 0.3) is 17.7 Å². The molecule has 0 radical (unpaired) electrons. The molecule has 0 bridgehead atoms. The molecule has 3 aromatic heterocycles. The van der Waals surface area contributed by atoms with Gasteiger partial charge in [0.05, 0.1) is 24.6 Å². The van der Waals surface area contributed by atoms with Gasteiger partial charge in [0.15, 0.2) is 5.82 Å². The number of nitrogens with one attached hydrogen (secondary N) is 5. The second-order valence-electron chi connectivity index (χ2n) is 15.5. The molecule has 0 aliphatic heterocycles. The summed E-state index contributed by atoms with van der Waals surface area (Å²) in [5, 5.41) is 13.8. The van der Waals surface area contributed by atoms with Crippen LogP contribution in [0.5, 0.6) is 0 Å². The van der Waals surface area contributed by atoms with Crippen molar-refractivity contribution in [3.63, 3.8) is 0 Å². The Bertz CT molecular complexity index is 1930. The first-order chi connectivity index (χ1) is 28.4. The van der Waals surface area contributed by atoms with Crippen LogP contribution in [0, 0.1) is 0 Å². The molecule has 0 aliphatic rings. The highest BCUT2D eigenvalue weighted by Gasteiger charge is 2.21. The summed E-state index contributed by atoms with van der Waals surface area (Å²) >= 11 is 0. The molecule has 60 heavy (non-hydrogen) atoms. The quantitative estimate of drug-likeness (QED) is 0.0370. The summed E-state index contributed by atoms with van der Waals surface area (Å²) in [5.74, 6) is -1.36. The minimum absolute atomic E-state index is 0.0307. The van der Waals surface area contributed by atoms with Crippen molar-refractivity contribution in [2.75, 3.05) is 42.3 Å². The van der Waals surface area contributed by atoms with Crippen LogP contribution in [0.2, 0.25) is 0 Å². The fraction of sp³-hybridized carbons (Fsp3) is 0.600. The fourth-order valence-corrected chi connectivity index (χ4v) is 6.87. The summed E-state index contributed by atoms with van der Waals surface area (Å²) in [4.78, 5) is 77.1. The number of hydrogen-bond donors (Lipinski definition) is 6. The largest absolute Gasteiger partial charge is 0.472 e. The Balaban J connectivity index is 1.34. The first kappa shape index (κ1) is 49.4. The lowest BCUT2D eigenvalue weighted by atomic mass is 10.1. The van der Waals surface area contributed by atoms with Crippen LogP contribution in [0.3, 0.4) is 0 Å². The van der Waals surface area contributed by atoms with Crippen LogP contribution < -0.4 is 26.6 Å². The van der Waals surface area contributed by atoms with Crippen LogP contribution in [0.15, 0.2) is 30.7 Å². The van der Waals surface area contributed by atoms with E-state index >= 15 is 0 Å². The minimum Gasteiger partial charge on any atom is -0.444 e. The van der Waals surface area contributed by atoms with Gasteiger partial charge in [-0.15, -0.1) is 0 Å². The Morgan fingerprint density at radius 2 is 1.22 bits per heavy atom. The Hall–Kier alpha value is -4.97. The number of phosphoric ester groups is 1. The zero-order chi connectivity index (χ0) is 44.3. The molecule has 334 valence electrons. The second kappa shape index (κ2) is 24.3. The number of alkyl carbamates (subject to hydrolysis) is 1. The second-order valence-corrected chi connectivity index (χ2v) is 17.0. The van der Waals surface area contributed by atoms with Crippen molar-refractivity contribution in [1.29, 1.82) is 0 Å². The molecule has 1 atom stereocenters. The number of phosphoric acid groups is 1. The Morgan fingerprint density at radius 1 is 0.683 bits per heavy atom. The van der Waals surface area contributed by atoms with E-state index in [1.54, 1.807) is 76.4 Å². The molecule has 3 heterocycles. The zero-order valence-corrected chi connectivity index (χ0v) is 37.0. The number of rotatable bonds is 26.